The van der Waals surface area contributed by atoms with E-state index in [1.54, 1.807) is 12.1 Å². The van der Waals surface area contributed by atoms with E-state index >= 15 is 0 Å². The van der Waals surface area contributed by atoms with Gasteiger partial charge in [-0.25, -0.2) is 0 Å². The molecule has 0 radical (unpaired) electrons. The van der Waals surface area contributed by atoms with Crippen molar-refractivity contribution in [2.24, 2.45) is 0 Å². The first-order chi connectivity index (χ1) is 9.08. The van der Waals surface area contributed by atoms with E-state index < -0.39 is 5.97 Å². The number of carboxylic acid groups (broad SMARTS) is 1. The van der Waals surface area contributed by atoms with Gasteiger partial charge in [-0.2, -0.15) is 0 Å². The van der Waals surface area contributed by atoms with Gasteiger partial charge in [-0.05, 0) is 50.7 Å². The minimum Gasteiger partial charge on any atom is -0.494 e. The summed E-state index contributed by atoms with van der Waals surface area (Å²) >= 11 is 5.78. The van der Waals surface area contributed by atoms with Crippen LogP contribution in [0, 0.1) is 0 Å². The molecule has 0 aliphatic heterocycles. The van der Waals surface area contributed by atoms with Crippen molar-refractivity contribution in [1.82, 2.24) is 4.90 Å². The van der Waals surface area contributed by atoms with Crippen LogP contribution in [0.3, 0.4) is 0 Å². The first-order valence-electron chi connectivity index (χ1n) is 6.36. The Hall–Kier alpha value is -1.26. The maximum absolute atomic E-state index is 10.4. The molecule has 0 aliphatic carbocycles. The summed E-state index contributed by atoms with van der Waals surface area (Å²) in [6, 6.07) is 7.30. The molecule has 1 aromatic carbocycles. The van der Waals surface area contributed by atoms with Gasteiger partial charge in [0.25, 0.3) is 0 Å². The van der Waals surface area contributed by atoms with Gasteiger partial charge >= 0.3 is 5.97 Å². The van der Waals surface area contributed by atoms with Crippen molar-refractivity contribution < 1.29 is 14.6 Å². The van der Waals surface area contributed by atoms with Crippen LogP contribution in [0.25, 0.3) is 0 Å². The number of carboxylic acids is 1. The van der Waals surface area contributed by atoms with E-state index in [1.165, 1.54) is 0 Å². The van der Waals surface area contributed by atoms with Gasteiger partial charge in [0.1, 0.15) is 5.75 Å². The van der Waals surface area contributed by atoms with Crippen LogP contribution in [0.5, 0.6) is 5.75 Å². The highest BCUT2D eigenvalue weighted by Gasteiger charge is 2.02. The molecule has 0 atom stereocenters. The molecular weight excluding hydrogens is 266 g/mol. The molecule has 0 unspecified atom stereocenters. The summed E-state index contributed by atoms with van der Waals surface area (Å²) in [4.78, 5) is 12.4. The monoisotopic (exact) mass is 285 g/mol. The van der Waals surface area contributed by atoms with E-state index in [4.69, 9.17) is 21.4 Å². The number of hydrogen-bond acceptors (Lipinski definition) is 3. The third kappa shape index (κ3) is 7.70. The van der Waals surface area contributed by atoms with Crippen molar-refractivity contribution in [2.75, 3.05) is 26.7 Å². The molecule has 0 amide bonds. The zero-order chi connectivity index (χ0) is 14.1. The second-order valence-electron chi connectivity index (χ2n) is 4.46. The second kappa shape index (κ2) is 8.77. The Morgan fingerprint density at radius 3 is 2.58 bits per heavy atom. The quantitative estimate of drug-likeness (QED) is 0.709. The second-order valence-corrected chi connectivity index (χ2v) is 4.89. The molecule has 0 heterocycles. The molecule has 0 saturated heterocycles. The smallest absolute Gasteiger partial charge is 0.304 e. The van der Waals surface area contributed by atoms with Crippen molar-refractivity contribution >= 4 is 17.6 Å². The summed E-state index contributed by atoms with van der Waals surface area (Å²) in [7, 11) is 1.93. The van der Waals surface area contributed by atoms with Crippen LogP contribution in [0.1, 0.15) is 19.3 Å². The number of benzene rings is 1. The number of carbonyl (C=O) groups is 1. The van der Waals surface area contributed by atoms with Crippen molar-refractivity contribution in [2.45, 2.75) is 19.3 Å². The van der Waals surface area contributed by atoms with E-state index in [9.17, 15) is 4.79 Å². The molecule has 0 saturated carbocycles. The van der Waals surface area contributed by atoms with Gasteiger partial charge in [-0.15, -0.1) is 0 Å². The number of halogens is 1. The number of rotatable bonds is 9. The van der Waals surface area contributed by atoms with Gasteiger partial charge in [0.2, 0.25) is 0 Å². The number of hydrogen-bond donors (Lipinski definition) is 1. The normalized spacial score (nSPS) is 10.7. The fraction of sp³-hybridized carbons (Fsp3) is 0.500. The van der Waals surface area contributed by atoms with Gasteiger partial charge in [-0.1, -0.05) is 11.6 Å². The minimum atomic E-state index is -0.752. The Bertz CT molecular complexity index is 381. The fourth-order valence-electron chi connectivity index (χ4n) is 1.60. The van der Waals surface area contributed by atoms with E-state index in [1.807, 2.05) is 24.1 Å². The third-order valence-corrected chi connectivity index (χ3v) is 2.98. The highest BCUT2D eigenvalue weighted by Crippen LogP contribution is 2.15. The summed E-state index contributed by atoms with van der Waals surface area (Å²) < 4.78 is 5.57. The molecule has 0 spiro atoms. The number of nitrogens with zero attached hydrogens (tertiary/aromatic N) is 1. The molecular formula is C14H20ClNO3. The zero-order valence-electron chi connectivity index (χ0n) is 11.1. The number of ether oxygens (including phenoxy) is 1. The summed E-state index contributed by atoms with van der Waals surface area (Å²) in [5.41, 5.74) is 0. The summed E-state index contributed by atoms with van der Waals surface area (Å²) in [6.07, 6.45) is 2.13. The van der Waals surface area contributed by atoms with Gasteiger partial charge in [0, 0.05) is 11.6 Å². The number of unbranched alkanes of at least 4 members (excludes halogenated alkanes) is 1. The Balaban J connectivity index is 2.04. The van der Waals surface area contributed by atoms with Crippen LogP contribution in [-0.4, -0.2) is 42.7 Å². The topological polar surface area (TPSA) is 49.8 Å². The van der Waals surface area contributed by atoms with Crippen molar-refractivity contribution in [1.29, 1.82) is 0 Å². The Kier molecular flexibility index (Phi) is 7.30. The standard InChI is InChI=1S/C14H20ClNO3/c1-16(10-8-14(17)18)9-2-3-11-19-13-6-4-12(15)5-7-13/h4-7H,2-3,8-11H2,1H3,(H,17,18). The van der Waals surface area contributed by atoms with Crippen LogP contribution in [0.2, 0.25) is 5.02 Å². The lowest BCUT2D eigenvalue weighted by atomic mass is 10.3. The van der Waals surface area contributed by atoms with E-state index in [-0.39, 0.29) is 6.42 Å². The fourth-order valence-corrected chi connectivity index (χ4v) is 1.73. The van der Waals surface area contributed by atoms with Crippen LogP contribution >= 0.6 is 11.6 Å². The largest absolute Gasteiger partial charge is 0.494 e. The molecule has 19 heavy (non-hydrogen) atoms. The lowest BCUT2D eigenvalue weighted by Crippen LogP contribution is -2.23. The van der Waals surface area contributed by atoms with E-state index in [0.717, 1.165) is 25.1 Å². The summed E-state index contributed by atoms with van der Waals surface area (Å²) in [6.45, 7) is 2.14. The molecule has 1 aromatic rings. The molecule has 0 bridgehead atoms. The Labute approximate surface area is 118 Å². The van der Waals surface area contributed by atoms with Crippen LogP contribution in [0.15, 0.2) is 24.3 Å². The molecule has 5 heteroatoms. The van der Waals surface area contributed by atoms with Gasteiger partial charge in [0.15, 0.2) is 0 Å². The maximum Gasteiger partial charge on any atom is 0.304 e. The van der Waals surface area contributed by atoms with Gasteiger partial charge in [0.05, 0.1) is 13.0 Å². The molecule has 4 nitrogen and oxygen atoms in total. The predicted octanol–water partition coefficient (Wildman–Crippen LogP) is 2.91. The van der Waals surface area contributed by atoms with Gasteiger partial charge in [-0.3, -0.25) is 4.79 Å². The molecule has 106 valence electrons. The molecule has 1 N–H and O–H groups in total. The maximum atomic E-state index is 10.4. The summed E-state index contributed by atoms with van der Waals surface area (Å²) in [5.74, 6) is 0.0709. The average Bonchev–Trinajstić information content (AvgIpc) is 2.38. The molecule has 1 rings (SSSR count). The summed E-state index contributed by atoms with van der Waals surface area (Å²) in [5, 5.41) is 9.26. The SMILES string of the molecule is CN(CCCCOc1ccc(Cl)cc1)CCC(=O)O. The van der Waals surface area contributed by atoms with Crippen molar-refractivity contribution in [3.05, 3.63) is 29.3 Å². The van der Waals surface area contributed by atoms with Crippen molar-refractivity contribution in [3.8, 4) is 5.75 Å². The van der Waals surface area contributed by atoms with Crippen molar-refractivity contribution in [3.63, 3.8) is 0 Å². The highest BCUT2D eigenvalue weighted by molar-refractivity contribution is 6.30. The predicted molar refractivity (Wildman–Crippen MR) is 75.9 cm³/mol. The molecule has 0 fully saturated rings. The Morgan fingerprint density at radius 2 is 1.95 bits per heavy atom. The Morgan fingerprint density at radius 1 is 1.26 bits per heavy atom. The lowest BCUT2D eigenvalue weighted by molar-refractivity contribution is -0.137. The third-order valence-electron chi connectivity index (χ3n) is 2.72. The van der Waals surface area contributed by atoms with E-state index in [0.29, 0.717) is 18.2 Å². The minimum absolute atomic E-state index is 0.192. The van der Waals surface area contributed by atoms with E-state index in [2.05, 4.69) is 0 Å². The van der Waals surface area contributed by atoms with Gasteiger partial charge < -0.3 is 14.7 Å². The highest BCUT2D eigenvalue weighted by atomic mass is 35.5. The zero-order valence-corrected chi connectivity index (χ0v) is 11.9. The number of aliphatic carboxylic acids is 1. The lowest BCUT2D eigenvalue weighted by Gasteiger charge is -2.15. The van der Waals surface area contributed by atoms with Crippen LogP contribution < -0.4 is 4.74 Å². The first kappa shape index (κ1) is 15.8. The van der Waals surface area contributed by atoms with Crippen LogP contribution in [0.4, 0.5) is 0 Å². The average molecular weight is 286 g/mol. The first-order valence-corrected chi connectivity index (χ1v) is 6.74. The molecule has 0 aliphatic rings. The molecule has 0 aromatic heterocycles. The van der Waals surface area contributed by atoms with Crippen LogP contribution in [-0.2, 0) is 4.79 Å².